The molecule has 0 radical (unpaired) electrons. The van der Waals surface area contributed by atoms with Gasteiger partial charge >= 0.3 is 0 Å². The fourth-order valence-electron chi connectivity index (χ4n) is 4.10. The van der Waals surface area contributed by atoms with Crippen LogP contribution >= 0.6 is 0 Å². The molecule has 2 aliphatic rings. The fourth-order valence-corrected chi connectivity index (χ4v) is 4.10. The van der Waals surface area contributed by atoms with Crippen LogP contribution in [0.1, 0.15) is 58.3 Å². The Bertz CT molecular complexity index is 259. The number of likely N-dealkylation sites (tertiary alicyclic amines) is 1. The van der Waals surface area contributed by atoms with Crippen LogP contribution in [0.3, 0.4) is 0 Å². The first-order chi connectivity index (χ1) is 8.75. The maximum Gasteiger partial charge on any atom is 0.0589 e. The average Bonchev–Trinajstić information content (AvgIpc) is 2.47. The Morgan fingerprint density at radius 1 is 1.28 bits per heavy atom. The molecule has 0 aromatic heterocycles. The first-order valence-corrected chi connectivity index (χ1v) is 7.75. The maximum atomic E-state index is 6.21. The van der Waals surface area contributed by atoms with Crippen molar-refractivity contribution in [3.8, 4) is 0 Å². The van der Waals surface area contributed by atoms with E-state index in [2.05, 4.69) is 11.8 Å². The van der Waals surface area contributed by atoms with Crippen molar-refractivity contribution in [1.29, 1.82) is 0 Å². The molecule has 1 aliphatic carbocycles. The largest absolute Gasteiger partial charge is 0.381 e. The van der Waals surface area contributed by atoms with E-state index in [0.29, 0.717) is 6.10 Å². The minimum absolute atomic E-state index is 0.222. The number of nitrogens with zero attached hydrogens (tertiary/aromatic N) is 1. The van der Waals surface area contributed by atoms with Crippen LogP contribution in [0.2, 0.25) is 0 Å². The van der Waals surface area contributed by atoms with Gasteiger partial charge in [-0.2, -0.15) is 0 Å². The summed E-state index contributed by atoms with van der Waals surface area (Å²) in [6, 6.07) is 0.748. The Kier molecular flexibility index (Phi) is 5.05. The van der Waals surface area contributed by atoms with Crippen molar-refractivity contribution in [2.75, 3.05) is 20.2 Å². The lowest BCUT2D eigenvalue weighted by Gasteiger charge is -2.52. The van der Waals surface area contributed by atoms with E-state index in [-0.39, 0.29) is 5.54 Å². The summed E-state index contributed by atoms with van der Waals surface area (Å²) in [7, 11) is 1.85. The van der Waals surface area contributed by atoms with Gasteiger partial charge in [-0.3, -0.25) is 4.90 Å². The third-order valence-corrected chi connectivity index (χ3v) is 5.20. The summed E-state index contributed by atoms with van der Waals surface area (Å²) in [4.78, 5) is 2.75. The van der Waals surface area contributed by atoms with Crippen molar-refractivity contribution in [3.05, 3.63) is 0 Å². The van der Waals surface area contributed by atoms with Gasteiger partial charge in [-0.15, -0.1) is 0 Å². The smallest absolute Gasteiger partial charge is 0.0589 e. The van der Waals surface area contributed by atoms with E-state index in [9.17, 15) is 0 Å². The van der Waals surface area contributed by atoms with Crippen LogP contribution < -0.4 is 5.73 Å². The summed E-state index contributed by atoms with van der Waals surface area (Å²) in [5.41, 5.74) is 6.43. The molecule has 0 spiro atoms. The van der Waals surface area contributed by atoms with Gasteiger partial charge in [-0.05, 0) is 51.5 Å². The number of rotatable bonds is 4. The minimum atomic E-state index is 0.222. The number of ether oxygens (including phenoxy) is 1. The van der Waals surface area contributed by atoms with Crippen molar-refractivity contribution < 1.29 is 4.74 Å². The summed E-state index contributed by atoms with van der Waals surface area (Å²) < 4.78 is 5.63. The van der Waals surface area contributed by atoms with Crippen LogP contribution in [0.5, 0.6) is 0 Å². The molecule has 0 aromatic carbocycles. The lowest BCUT2D eigenvalue weighted by atomic mass is 9.76. The molecule has 106 valence electrons. The molecule has 2 rings (SSSR count). The van der Waals surface area contributed by atoms with E-state index in [1.54, 1.807) is 0 Å². The lowest BCUT2D eigenvalue weighted by molar-refractivity contribution is -0.0520. The molecule has 3 nitrogen and oxygen atoms in total. The molecule has 3 unspecified atom stereocenters. The maximum absolute atomic E-state index is 6.21. The summed E-state index contributed by atoms with van der Waals surface area (Å²) in [5.74, 6) is 0. The van der Waals surface area contributed by atoms with Crippen molar-refractivity contribution >= 4 is 0 Å². The highest BCUT2D eigenvalue weighted by Crippen LogP contribution is 2.38. The summed E-state index contributed by atoms with van der Waals surface area (Å²) >= 11 is 0. The van der Waals surface area contributed by atoms with E-state index in [4.69, 9.17) is 10.5 Å². The van der Waals surface area contributed by atoms with E-state index in [1.165, 1.54) is 51.5 Å². The lowest BCUT2D eigenvalue weighted by Crippen LogP contribution is -2.61. The zero-order valence-electron chi connectivity index (χ0n) is 12.2. The van der Waals surface area contributed by atoms with Crippen molar-refractivity contribution in [2.45, 2.75) is 76.0 Å². The molecule has 0 bridgehead atoms. The van der Waals surface area contributed by atoms with Gasteiger partial charge in [0.05, 0.1) is 6.10 Å². The number of piperidine rings is 1. The number of hydrogen-bond acceptors (Lipinski definition) is 3. The topological polar surface area (TPSA) is 38.5 Å². The highest BCUT2D eigenvalue weighted by Gasteiger charge is 2.43. The standard InChI is InChI=1S/C15H30N2O/c1-3-13-7-4-5-10-17(13)15(12-16)9-6-8-14(11-15)18-2/h13-14H,3-12,16H2,1-2H3. The molecule has 1 saturated heterocycles. The summed E-state index contributed by atoms with van der Waals surface area (Å²) in [5, 5.41) is 0. The zero-order chi connectivity index (χ0) is 13.0. The van der Waals surface area contributed by atoms with Crippen LogP contribution in [-0.4, -0.2) is 42.8 Å². The van der Waals surface area contributed by atoms with Gasteiger partial charge < -0.3 is 10.5 Å². The molecular formula is C15H30N2O. The Morgan fingerprint density at radius 2 is 2.11 bits per heavy atom. The van der Waals surface area contributed by atoms with Crippen LogP contribution in [0.25, 0.3) is 0 Å². The predicted octanol–water partition coefficient (Wildman–Crippen LogP) is 2.54. The first kappa shape index (κ1) is 14.3. The van der Waals surface area contributed by atoms with Gasteiger partial charge in [0.1, 0.15) is 0 Å². The van der Waals surface area contributed by atoms with Gasteiger partial charge in [-0.25, -0.2) is 0 Å². The Morgan fingerprint density at radius 3 is 2.78 bits per heavy atom. The third-order valence-electron chi connectivity index (χ3n) is 5.20. The molecule has 1 saturated carbocycles. The Hall–Kier alpha value is -0.120. The van der Waals surface area contributed by atoms with E-state index in [0.717, 1.165) is 19.0 Å². The highest BCUT2D eigenvalue weighted by atomic mass is 16.5. The van der Waals surface area contributed by atoms with Gasteiger partial charge in [0.2, 0.25) is 0 Å². The summed E-state index contributed by atoms with van der Waals surface area (Å²) in [6.07, 6.45) is 10.7. The molecule has 0 amide bonds. The monoisotopic (exact) mass is 254 g/mol. The molecule has 3 atom stereocenters. The molecule has 0 aromatic rings. The van der Waals surface area contributed by atoms with E-state index in [1.807, 2.05) is 7.11 Å². The Balaban J connectivity index is 2.13. The molecule has 2 fully saturated rings. The SMILES string of the molecule is CCC1CCCCN1C1(CN)CCCC(OC)C1. The first-order valence-electron chi connectivity index (χ1n) is 7.75. The number of hydrogen-bond donors (Lipinski definition) is 1. The molecular weight excluding hydrogens is 224 g/mol. The second-order valence-corrected chi connectivity index (χ2v) is 6.13. The van der Waals surface area contributed by atoms with Crippen molar-refractivity contribution in [3.63, 3.8) is 0 Å². The van der Waals surface area contributed by atoms with Crippen LogP contribution in [0.4, 0.5) is 0 Å². The van der Waals surface area contributed by atoms with E-state index < -0.39 is 0 Å². The average molecular weight is 254 g/mol. The molecule has 3 heteroatoms. The molecule has 1 aliphatic heterocycles. The normalized spacial score (nSPS) is 38.8. The van der Waals surface area contributed by atoms with Crippen LogP contribution in [0.15, 0.2) is 0 Å². The molecule has 18 heavy (non-hydrogen) atoms. The van der Waals surface area contributed by atoms with Gasteiger partial charge in [0.15, 0.2) is 0 Å². The second kappa shape index (κ2) is 6.36. The Labute approximate surface area is 112 Å². The van der Waals surface area contributed by atoms with Gasteiger partial charge in [-0.1, -0.05) is 13.3 Å². The predicted molar refractivity (Wildman–Crippen MR) is 75.7 cm³/mol. The van der Waals surface area contributed by atoms with Crippen LogP contribution in [-0.2, 0) is 4.74 Å². The van der Waals surface area contributed by atoms with Gasteiger partial charge in [0, 0.05) is 25.2 Å². The summed E-state index contributed by atoms with van der Waals surface area (Å²) in [6.45, 7) is 4.36. The van der Waals surface area contributed by atoms with Crippen molar-refractivity contribution in [1.82, 2.24) is 4.90 Å². The molecule has 2 N–H and O–H groups in total. The minimum Gasteiger partial charge on any atom is -0.381 e. The highest BCUT2D eigenvalue weighted by molar-refractivity contribution is 5.00. The number of methoxy groups -OCH3 is 1. The van der Waals surface area contributed by atoms with E-state index >= 15 is 0 Å². The van der Waals surface area contributed by atoms with Crippen molar-refractivity contribution in [2.24, 2.45) is 5.73 Å². The molecule has 1 heterocycles. The van der Waals surface area contributed by atoms with Gasteiger partial charge in [0.25, 0.3) is 0 Å². The zero-order valence-corrected chi connectivity index (χ0v) is 12.2. The third kappa shape index (κ3) is 2.73. The fraction of sp³-hybridized carbons (Fsp3) is 1.00. The second-order valence-electron chi connectivity index (χ2n) is 6.13. The quantitative estimate of drug-likeness (QED) is 0.838. The van der Waals surface area contributed by atoms with Crippen LogP contribution in [0, 0.1) is 0 Å². The number of nitrogens with two attached hydrogens (primary N) is 1.